The maximum Gasteiger partial charge on any atom is 0.0774 e. The van der Waals surface area contributed by atoms with Crippen LogP contribution in [-0.2, 0) is 0 Å². The van der Waals surface area contributed by atoms with E-state index >= 15 is 0 Å². The van der Waals surface area contributed by atoms with E-state index in [2.05, 4.69) is 43.1 Å². The molecule has 0 spiro atoms. The van der Waals surface area contributed by atoms with Crippen LogP contribution in [0.1, 0.15) is 25.0 Å². The van der Waals surface area contributed by atoms with E-state index in [1.165, 1.54) is 5.57 Å². The molecular formula is C17H17N. The van der Waals surface area contributed by atoms with E-state index in [4.69, 9.17) is 0 Å². The predicted molar refractivity (Wildman–Crippen MR) is 78.0 cm³/mol. The molecule has 0 N–H and O–H groups in total. The zero-order valence-electron chi connectivity index (χ0n) is 10.8. The fourth-order valence-corrected chi connectivity index (χ4v) is 1.70. The standard InChI is InChI=1S/C17H17N/c1-14(2)13-18-17(15-9-5-3-6-10-15)16-11-7-4-8-12-16/h3-13H,1-2H3. The first kappa shape index (κ1) is 12.3. The normalized spacial score (nSPS) is 9.67. The van der Waals surface area contributed by atoms with Gasteiger partial charge in [-0.1, -0.05) is 66.2 Å². The summed E-state index contributed by atoms with van der Waals surface area (Å²) < 4.78 is 0. The summed E-state index contributed by atoms with van der Waals surface area (Å²) in [7, 11) is 0. The summed E-state index contributed by atoms with van der Waals surface area (Å²) >= 11 is 0. The number of hydrogen-bond acceptors (Lipinski definition) is 1. The van der Waals surface area contributed by atoms with Crippen molar-refractivity contribution in [1.29, 1.82) is 0 Å². The second kappa shape index (κ2) is 5.97. The summed E-state index contributed by atoms with van der Waals surface area (Å²) in [4.78, 5) is 4.62. The van der Waals surface area contributed by atoms with E-state index < -0.39 is 0 Å². The van der Waals surface area contributed by atoms with Gasteiger partial charge >= 0.3 is 0 Å². The summed E-state index contributed by atoms with van der Waals surface area (Å²) in [5, 5.41) is 0. The van der Waals surface area contributed by atoms with Crippen LogP contribution in [0.15, 0.2) is 77.4 Å². The molecule has 1 nitrogen and oxygen atoms in total. The Kier molecular flexibility index (Phi) is 4.08. The first-order valence-corrected chi connectivity index (χ1v) is 6.09. The summed E-state index contributed by atoms with van der Waals surface area (Å²) in [5.74, 6) is 0. The Labute approximate surface area is 109 Å². The average Bonchev–Trinajstić information content (AvgIpc) is 2.41. The van der Waals surface area contributed by atoms with Crippen LogP contribution in [0.5, 0.6) is 0 Å². The lowest BCUT2D eigenvalue weighted by Gasteiger charge is -2.06. The summed E-state index contributed by atoms with van der Waals surface area (Å²) in [6.45, 7) is 4.11. The zero-order valence-corrected chi connectivity index (χ0v) is 10.8. The fraction of sp³-hybridized carbons (Fsp3) is 0.118. The van der Waals surface area contributed by atoms with Crippen molar-refractivity contribution in [1.82, 2.24) is 0 Å². The minimum absolute atomic E-state index is 1.01. The van der Waals surface area contributed by atoms with Crippen molar-refractivity contribution in [3.63, 3.8) is 0 Å². The number of benzene rings is 2. The van der Waals surface area contributed by atoms with Crippen LogP contribution in [0.3, 0.4) is 0 Å². The third-order valence-corrected chi connectivity index (χ3v) is 2.55. The molecule has 18 heavy (non-hydrogen) atoms. The quantitative estimate of drug-likeness (QED) is 0.697. The third kappa shape index (κ3) is 3.17. The van der Waals surface area contributed by atoms with E-state index in [-0.39, 0.29) is 0 Å². The molecule has 0 radical (unpaired) electrons. The minimum Gasteiger partial charge on any atom is -0.256 e. The van der Waals surface area contributed by atoms with Gasteiger partial charge < -0.3 is 0 Å². The molecule has 0 aromatic heterocycles. The minimum atomic E-state index is 1.01. The maximum absolute atomic E-state index is 4.62. The molecular weight excluding hydrogens is 218 g/mol. The number of nitrogens with zero attached hydrogens (tertiary/aromatic N) is 1. The monoisotopic (exact) mass is 235 g/mol. The largest absolute Gasteiger partial charge is 0.256 e. The molecule has 0 amide bonds. The van der Waals surface area contributed by atoms with Crippen molar-refractivity contribution in [2.75, 3.05) is 0 Å². The smallest absolute Gasteiger partial charge is 0.0774 e. The summed E-state index contributed by atoms with van der Waals surface area (Å²) in [6, 6.07) is 20.5. The highest BCUT2D eigenvalue weighted by atomic mass is 14.7. The molecule has 0 atom stereocenters. The van der Waals surface area contributed by atoms with E-state index in [1.807, 2.05) is 42.6 Å². The van der Waals surface area contributed by atoms with E-state index in [9.17, 15) is 0 Å². The van der Waals surface area contributed by atoms with Crippen LogP contribution in [-0.4, -0.2) is 5.71 Å². The van der Waals surface area contributed by atoms with Gasteiger partial charge in [0.15, 0.2) is 0 Å². The number of allylic oxidation sites excluding steroid dienone is 1. The van der Waals surface area contributed by atoms with Crippen molar-refractivity contribution < 1.29 is 0 Å². The summed E-state index contributed by atoms with van der Waals surface area (Å²) in [5.41, 5.74) is 4.49. The van der Waals surface area contributed by atoms with Gasteiger partial charge in [0.1, 0.15) is 0 Å². The topological polar surface area (TPSA) is 12.4 Å². The molecule has 0 fully saturated rings. The van der Waals surface area contributed by atoms with E-state index in [1.54, 1.807) is 0 Å². The predicted octanol–water partition coefficient (Wildman–Crippen LogP) is 4.45. The Bertz CT molecular complexity index is 505. The summed E-state index contributed by atoms with van der Waals surface area (Å²) in [6.07, 6.45) is 1.91. The Balaban J connectivity index is 2.49. The lowest BCUT2D eigenvalue weighted by molar-refractivity contribution is 1.33. The molecule has 0 aliphatic rings. The molecule has 0 aliphatic heterocycles. The van der Waals surface area contributed by atoms with Crippen LogP contribution in [0.25, 0.3) is 0 Å². The van der Waals surface area contributed by atoms with Crippen LogP contribution < -0.4 is 0 Å². The molecule has 2 aromatic rings. The van der Waals surface area contributed by atoms with Gasteiger partial charge in [-0.15, -0.1) is 0 Å². The molecule has 0 saturated carbocycles. The van der Waals surface area contributed by atoms with Gasteiger partial charge in [0, 0.05) is 17.3 Å². The molecule has 2 rings (SSSR count). The molecule has 90 valence electrons. The van der Waals surface area contributed by atoms with Crippen molar-refractivity contribution in [2.24, 2.45) is 4.99 Å². The number of hydrogen-bond donors (Lipinski definition) is 0. The molecule has 0 aliphatic carbocycles. The Morgan fingerprint density at radius 3 is 1.61 bits per heavy atom. The number of aliphatic imine (C=N–C) groups is 1. The molecule has 0 saturated heterocycles. The fourth-order valence-electron chi connectivity index (χ4n) is 1.70. The Morgan fingerprint density at radius 2 is 1.22 bits per heavy atom. The van der Waals surface area contributed by atoms with Gasteiger partial charge in [-0.25, -0.2) is 0 Å². The van der Waals surface area contributed by atoms with Crippen molar-refractivity contribution >= 4 is 5.71 Å². The molecule has 0 unspecified atom stereocenters. The second-order valence-corrected chi connectivity index (χ2v) is 4.42. The molecule has 0 heterocycles. The van der Waals surface area contributed by atoms with Crippen LogP contribution >= 0.6 is 0 Å². The molecule has 2 aromatic carbocycles. The van der Waals surface area contributed by atoms with Gasteiger partial charge in [0.2, 0.25) is 0 Å². The second-order valence-electron chi connectivity index (χ2n) is 4.42. The van der Waals surface area contributed by atoms with Crippen LogP contribution in [0.2, 0.25) is 0 Å². The van der Waals surface area contributed by atoms with Gasteiger partial charge in [0.05, 0.1) is 5.71 Å². The molecule has 1 heteroatoms. The first-order valence-electron chi connectivity index (χ1n) is 6.09. The SMILES string of the molecule is CC(C)=CN=C(c1ccccc1)c1ccccc1. The van der Waals surface area contributed by atoms with Gasteiger partial charge in [0.25, 0.3) is 0 Å². The van der Waals surface area contributed by atoms with Crippen LogP contribution in [0, 0.1) is 0 Å². The lowest BCUT2D eigenvalue weighted by Crippen LogP contribution is -2.02. The van der Waals surface area contributed by atoms with Crippen molar-refractivity contribution in [3.05, 3.63) is 83.6 Å². The van der Waals surface area contributed by atoms with Crippen LogP contribution in [0.4, 0.5) is 0 Å². The van der Waals surface area contributed by atoms with Gasteiger partial charge in [-0.05, 0) is 13.8 Å². The van der Waals surface area contributed by atoms with Gasteiger partial charge in [-0.3, -0.25) is 4.99 Å². The van der Waals surface area contributed by atoms with E-state index in [0.717, 1.165) is 16.8 Å². The zero-order chi connectivity index (χ0) is 12.8. The van der Waals surface area contributed by atoms with Gasteiger partial charge in [-0.2, -0.15) is 0 Å². The Hall–Kier alpha value is -2.15. The lowest BCUT2D eigenvalue weighted by atomic mass is 10.0. The van der Waals surface area contributed by atoms with Crippen molar-refractivity contribution in [2.45, 2.75) is 13.8 Å². The number of rotatable bonds is 3. The van der Waals surface area contributed by atoms with Crippen molar-refractivity contribution in [3.8, 4) is 0 Å². The highest BCUT2D eigenvalue weighted by molar-refractivity contribution is 6.13. The Morgan fingerprint density at radius 1 is 0.778 bits per heavy atom. The molecule has 0 bridgehead atoms. The highest BCUT2D eigenvalue weighted by Crippen LogP contribution is 2.11. The third-order valence-electron chi connectivity index (χ3n) is 2.55. The maximum atomic E-state index is 4.62. The van der Waals surface area contributed by atoms with E-state index in [0.29, 0.717) is 0 Å². The first-order chi connectivity index (χ1) is 8.77. The highest BCUT2D eigenvalue weighted by Gasteiger charge is 2.04. The average molecular weight is 235 g/mol.